The number of thioether (sulfide) groups is 1. The van der Waals surface area contributed by atoms with Gasteiger partial charge in [-0.3, -0.25) is 4.79 Å². The van der Waals surface area contributed by atoms with Crippen molar-refractivity contribution in [2.45, 2.75) is 17.7 Å². The van der Waals surface area contributed by atoms with E-state index in [1.165, 1.54) is 18.3 Å². The molecular formula is C10H16N2O3S2. The summed E-state index contributed by atoms with van der Waals surface area (Å²) in [5.74, 6) is 1.03. The molecule has 1 rings (SSSR count). The summed E-state index contributed by atoms with van der Waals surface area (Å²) in [4.78, 5) is 13.2. The van der Waals surface area contributed by atoms with E-state index in [9.17, 15) is 13.2 Å². The smallest absolute Gasteiger partial charge is 0.247 e. The molecule has 0 radical (unpaired) electrons. The van der Waals surface area contributed by atoms with Crippen LogP contribution in [0.4, 0.5) is 0 Å². The van der Waals surface area contributed by atoms with Crippen LogP contribution in [0, 0.1) is 0 Å². The molecule has 1 aromatic heterocycles. The molecule has 5 nitrogen and oxygen atoms in total. The summed E-state index contributed by atoms with van der Waals surface area (Å²) in [7, 11) is -3.49. The summed E-state index contributed by atoms with van der Waals surface area (Å²) in [5, 5.41) is 0. The maximum Gasteiger partial charge on any atom is 0.247 e. The monoisotopic (exact) mass is 276 g/mol. The predicted molar refractivity (Wildman–Crippen MR) is 69.9 cm³/mol. The standard InChI is InChI=1S/C10H16N2O3S2/c1-16-7-3-2-6-12-17(14,15)9-4-5-10(13)11-8-9/h4-5,8,12H,2-3,6-7H2,1H3,(H,11,13). The molecule has 0 spiro atoms. The van der Waals surface area contributed by atoms with Crippen molar-refractivity contribution in [2.24, 2.45) is 0 Å². The Morgan fingerprint density at radius 1 is 1.35 bits per heavy atom. The molecule has 0 amide bonds. The van der Waals surface area contributed by atoms with Gasteiger partial charge in [-0.2, -0.15) is 11.8 Å². The Morgan fingerprint density at radius 3 is 2.71 bits per heavy atom. The second-order valence-electron chi connectivity index (χ2n) is 3.49. The number of unbranched alkanes of at least 4 members (excludes halogenated alkanes) is 1. The Bertz CT molecular complexity index is 476. The lowest BCUT2D eigenvalue weighted by atomic mass is 10.3. The number of aromatic amines is 1. The van der Waals surface area contributed by atoms with E-state index in [1.807, 2.05) is 6.26 Å². The second kappa shape index (κ2) is 6.83. The third-order valence-electron chi connectivity index (χ3n) is 2.13. The topological polar surface area (TPSA) is 79.0 Å². The zero-order valence-electron chi connectivity index (χ0n) is 9.60. The Morgan fingerprint density at radius 2 is 2.12 bits per heavy atom. The summed E-state index contributed by atoms with van der Waals surface area (Å²) >= 11 is 1.74. The highest BCUT2D eigenvalue weighted by atomic mass is 32.2. The molecule has 0 fully saturated rings. The molecule has 0 aromatic carbocycles. The number of sulfonamides is 1. The highest BCUT2D eigenvalue weighted by molar-refractivity contribution is 7.98. The van der Waals surface area contributed by atoms with Crippen molar-refractivity contribution in [1.82, 2.24) is 9.71 Å². The fraction of sp³-hybridized carbons (Fsp3) is 0.500. The van der Waals surface area contributed by atoms with Crippen molar-refractivity contribution in [1.29, 1.82) is 0 Å². The van der Waals surface area contributed by atoms with Gasteiger partial charge in [-0.1, -0.05) is 0 Å². The molecule has 1 heterocycles. The van der Waals surface area contributed by atoms with Crippen LogP contribution in [0.1, 0.15) is 12.8 Å². The summed E-state index contributed by atoms with van der Waals surface area (Å²) < 4.78 is 26.0. The predicted octanol–water partition coefficient (Wildman–Crippen LogP) is 0.796. The average molecular weight is 276 g/mol. The van der Waals surface area contributed by atoms with Crippen molar-refractivity contribution in [3.8, 4) is 0 Å². The first-order valence-electron chi connectivity index (χ1n) is 5.23. The minimum atomic E-state index is -3.49. The van der Waals surface area contributed by atoms with E-state index < -0.39 is 10.0 Å². The number of nitrogens with one attached hydrogen (secondary N) is 2. The zero-order chi connectivity index (χ0) is 12.7. The molecular weight excluding hydrogens is 260 g/mol. The van der Waals surface area contributed by atoms with Gasteiger partial charge < -0.3 is 4.98 Å². The first kappa shape index (κ1) is 14.3. The first-order valence-corrected chi connectivity index (χ1v) is 8.11. The van der Waals surface area contributed by atoms with E-state index in [1.54, 1.807) is 11.8 Å². The van der Waals surface area contributed by atoms with Crippen molar-refractivity contribution >= 4 is 21.8 Å². The maximum atomic E-state index is 11.7. The van der Waals surface area contributed by atoms with Crippen LogP contribution in [-0.2, 0) is 10.0 Å². The maximum absolute atomic E-state index is 11.7. The number of hydrogen-bond acceptors (Lipinski definition) is 4. The van der Waals surface area contributed by atoms with Gasteiger partial charge in [0, 0.05) is 18.8 Å². The molecule has 0 atom stereocenters. The molecule has 1 aromatic rings. The van der Waals surface area contributed by atoms with E-state index in [2.05, 4.69) is 9.71 Å². The quantitative estimate of drug-likeness (QED) is 0.722. The van der Waals surface area contributed by atoms with Gasteiger partial charge >= 0.3 is 0 Å². The van der Waals surface area contributed by atoms with Crippen molar-refractivity contribution < 1.29 is 8.42 Å². The molecule has 0 bridgehead atoms. The van der Waals surface area contributed by atoms with Crippen LogP contribution < -0.4 is 10.3 Å². The minimum Gasteiger partial charge on any atom is -0.328 e. The van der Waals surface area contributed by atoms with Crippen LogP contribution in [-0.4, -0.2) is 32.0 Å². The summed E-state index contributed by atoms with van der Waals surface area (Å²) in [6, 6.07) is 2.49. The number of hydrogen-bond donors (Lipinski definition) is 2. The highest BCUT2D eigenvalue weighted by Crippen LogP contribution is 2.04. The largest absolute Gasteiger partial charge is 0.328 e. The van der Waals surface area contributed by atoms with E-state index in [-0.39, 0.29) is 10.5 Å². The van der Waals surface area contributed by atoms with Crippen LogP contribution >= 0.6 is 11.8 Å². The van der Waals surface area contributed by atoms with Crippen LogP contribution in [0.2, 0.25) is 0 Å². The normalized spacial score (nSPS) is 11.6. The van der Waals surface area contributed by atoms with Crippen molar-refractivity contribution in [3.05, 3.63) is 28.7 Å². The van der Waals surface area contributed by atoms with Gasteiger partial charge in [0.15, 0.2) is 0 Å². The molecule has 7 heteroatoms. The Labute approximate surface area is 105 Å². The highest BCUT2D eigenvalue weighted by Gasteiger charge is 2.12. The van der Waals surface area contributed by atoms with E-state index >= 15 is 0 Å². The molecule has 0 aliphatic rings. The van der Waals surface area contributed by atoms with Crippen molar-refractivity contribution in [2.75, 3.05) is 18.6 Å². The number of rotatable bonds is 7. The van der Waals surface area contributed by atoms with E-state index in [0.717, 1.165) is 18.6 Å². The second-order valence-corrected chi connectivity index (χ2v) is 6.24. The lowest BCUT2D eigenvalue weighted by Gasteiger charge is -2.05. The SMILES string of the molecule is CSCCCCNS(=O)(=O)c1ccc(=O)[nH]c1. The zero-order valence-corrected chi connectivity index (χ0v) is 11.2. The van der Waals surface area contributed by atoms with Gasteiger partial charge in [0.2, 0.25) is 15.6 Å². The van der Waals surface area contributed by atoms with Crippen LogP contribution in [0.25, 0.3) is 0 Å². The third-order valence-corrected chi connectivity index (χ3v) is 4.29. The molecule has 2 N–H and O–H groups in total. The van der Waals surface area contributed by atoms with Gasteiger partial charge in [0.1, 0.15) is 0 Å². The van der Waals surface area contributed by atoms with Crippen molar-refractivity contribution in [3.63, 3.8) is 0 Å². The molecule has 0 saturated heterocycles. The Kier molecular flexibility index (Phi) is 5.73. The summed E-state index contributed by atoms with van der Waals surface area (Å²) in [6.45, 7) is 0.419. The van der Waals surface area contributed by atoms with Gasteiger partial charge in [0.25, 0.3) is 0 Å². The average Bonchev–Trinajstić information content (AvgIpc) is 2.29. The number of pyridine rings is 1. The molecule has 17 heavy (non-hydrogen) atoms. The molecule has 0 unspecified atom stereocenters. The summed E-state index contributed by atoms with van der Waals surface area (Å²) in [5.41, 5.74) is -0.316. The summed E-state index contributed by atoms with van der Waals surface area (Å²) in [6.07, 6.45) is 5.01. The fourth-order valence-corrected chi connectivity index (χ4v) is 2.76. The van der Waals surface area contributed by atoms with Gasteiger partial charge in [-0.15, -0.1) is 0 Å². The van der Waals surface area contributed by atoms with Gasteiger partial charge in [0.05, 0.1) is 4.90 Å². The molecule has 96 valence electrons. The van der Waals surface area contributed by atoms with Crippen LogP contribution in [0.3, 0.4) is 0 Å². The first-order chi connectivity index (χ1) is 8.06. The molecule has 0 aliphatic heterocycles. The van der Waals surface area contributed by atoms with Crippen LogP contribution in [0.5, 0.6) is 0 Å². The minimum absolute atomic E-state index is 0.0852. The number of H-pyrrole nitrogens is 1. The molecule has 0 saturated carbocycles. The lowest BCUT2D eigenvalue weighted by Crippen LogP contribution is -2.25. The van der Waals surface area contributed by atoms with Crippen LogP contribution in [0.15, 0.2) is 28.0 Å². The Hall–Kier alpha value is -0.790. The Balaban J connectivity index is 2.51. The molecule has 0 aliphatic carbocycles. The number of aromatic nitrogens is 1. The van der Waals surface area contributed by atoms with Gasteiger partial charge in [-0.25, -0.2) is 13.1 Å². The van der Waals surface area contributed by atoms with E-state index in [4.69, 9.17) is 0 Å². The van der Waals surface area contributed by atoms with E-state index in [0.29, 0.717) is 6.54 Å². The lowest BCUT2D eigenvalue weighted by molar-refractivity contribution is 0.578. The van der Waals surface area contributed by atoms with Gasteiger partial charge in [-0.05, 0) is 30.9 Å². The fourth-order valence-electron chi connectivity index (χ4n) is 1.22. The third kappa shape index (κ3) is 4.93.